The van der Waals surface area contributed by atoms with Crippen molar-refractivity contribution in [2.24, 2.45) is 0 Å². The van der Waals surface area contributed by atoms with E-state index in [0.717, 1.165) is 16.0 Å². The largest absolute Gasteiger partial charge is 0.452 e. The summed E-state index contributed by atoms with van der Waals surface area (Å²) in [4.78, 5) is 24.4. The van der Waals surface area contributed by atoms with Crippen LogP contribution in [-0.2, 0) is 14.3 Å². The number of hydrogen-bond acceptors (Lipinski definition) is 7. The number of carbonyl (C=O) groups is 2. The summed E-state index contributed by atoms with van der Waals surface area (Å²) >= 11 is 1.52. The molecule has 0 spiro atoms. The fraction of sp³-hybridized carbons (Fsp3) is 0.111. The Balaban J connectivity index is 1.48. The minimum atomic E-state index is -0.608. The van der Waals surface area contributed by atoms with Gasteiger partial charge in [0, 0.05) is 16.5 Å². The normalized spacial score (nSPS) is 10.8. The van der Waals surface area contributed by atoms with Crippen molar-refractivity contribution in [3.63, 3.8) is 0 Å². The van der Waals surface area contributed by atoms with Crippen molar-refractivity contribution in [2.45, 2.75) is 6.92 Å². The maximum atomic E-state index is 11.8. The third-order valence-corrected chi connectivity index (χ3v) is 4.29. The van der Waals surface area contributed by atoms with E-state index in [1.807, 2.05) is 48.7 Å². The zero-order valence-corrected chi connectivity index (χ0v) is 14.7. The Bertz CT molecular complexity index is 931. The van der Waals surface area contributed by atoms with Crippen LogP contribution in [0.5, 0.6) is 0 Å². The van der Waals surface area contributed by atoms with Crippen LogP contribution in [0.1, 0.15) is 10.4 Å². The molecule has 0 radical (unpaired) electrons. The van der Waals surface area contributed by atoms with E-state index in [9.17, 15) is 9.59 Å². The van der Waals surface area contributed by atoms with E-state index in [-0.39, 0.29) is 11.9 Å². The summed E-state index contributed by atoms with van der Waals surface area (Å²) in [5.74, 6) is -0.891. The van der Waals surface area contributed by atoms with E-state index < -0.39 is 18.5 Å². The minimum Gasteiger partial charge on any atom is -0.452 e. The highest BCUT2D eigenvalue weighted by Gasteiger charge is 2.12. The Kier molecular flexibility index (Phi) is 5.55. The van der Waals surface area contributed by atoms with Crippen molar-refractivity contribution in [3.8, 4) is 11.5 Å². The van der Waals surface area contributed by atoms with E-state index in [0.29, 0.717) is 0 Å². The van der Waals surface area contributed by atoms with Gasteiger partial charge in [-0.05, 0) is 42.1 Å². The van der Waals surface area contributed by atoms with Gasteiger partial charge in [-0.3, -0.25) is 10.1 Å². The molecule has 0 atom stereocenters. The van der Waals surface area contributed by atoms with Crippen LogP contribution in [0, 0.1) is 6.92 Å². The molecule has 0 bridgehead atoms. The van der Waals surface area contributed by atoms with Crippen LogP contribution in [0.3, 0.4) is 0 Å². The molecular formula is C18H15N3O4S. The predicted octanol–water partition coefficient (Wildman–Crippen LogP) is 3.30. The lowest BCUT2D eigenvalue weighted by Gasteiger charge is -2.01. The number of nitrogens with one attached hydrogen (secondary N) is 1. The van der Waals surface area contributed by atoms with Crippen LogP contribution < -0.4 is 5.32 Å². The minimum absolute atomic E-state index is 0.0605. The number of esters is 1. The van der Waals surface area contributed by atoms with Crippen molar-refractivity contribution in [1.82, 2.24) is 10.2 Å². The molecule has 2 aromatic heterocycles. The summed E-state index contributed by atoms with van der Waals surface area (Å²) in [5, 5.41) is 11.9. The fourth-order valence-electron chi connectivity index (χ4n) is 2.01. The maximum Gasteiger partial charge on any atom is 0.331 e. The second-order valence-corrected chi connectivity index (χ2v) is 6.18. The van der Waals surface area contributed by atoms with Crippen molar-refractivity contribution in [1.29, 1.82) is 0 Å². The van der Waals surface area contributed by atoms with E-state index in [1.54, 1.807) is 6.08 Å². The molecule has 132 valence electrons. The monoisotopic (exact) mass is 369 g/mol. The van der Waals surface area contributed by atoms with Gasteiger partial charge in [0.15, 0.2) is 6.61 Å². The third-order valence-electron chi connectivity index (χ3n) is 3.31. The molecular weight excluding hydrogens is 354 g/mol. The molecule has 0 fully saturated rings. The van der Waals surface area contributed by atoms with Crippen LogP contribution >= 0.6 is 11.3 Å². The summed E-state index contributed by atoms with van der Waals surface area (Å²) in [6, 6.07) is 11.0. The fourth-order valence-corrected chi connectivity index (χ4v) is 2.83. The highest BCUT2D eigenvalue weighted by molar-refractivity contribution is 7.11. The summed E-state index contributed by atoms with van der Waals surface area (Å²) in [7, 11) is 0. The van der Waals surface area contributed by atoms with Gasteiger partial charge < -0.3 is 9.15 Å². The van der Waals surface area contributed by atoms with Gasteiger partial charge in [0.1, 0.15) is 0 Å². The highest BCUT2D eigenvalue weighted by Crippen LogP contribution is 2.19. The number of carbonyl (C=O) groups excluding carboxylic acids is 2. The van der Waals surface area contributed by atoms with E-state index in [1.165, 1.54) is 17.4 Å². The summed E-state index contributed by atoms with van der Waals surface area (Å²) in [6.45, 7) is 1.50. The Morgan fingerprint density at radius 3 is 2.77 bits per heavy atom. The quantitative estimate of drug-likeness (QED) is 0.529. The number of thiophene rings is 1. The molecule has 0 aliphatic heterocycles. The topological polar surface area (TPSA) is 94.3 Å². The second kappa shape index (κ2) is 8.21. The standard InChI is InChI=1S/C18H15N3O4S/c1-12-9-10-26-14(12)7-8-16(23)24-11-15(22)19-18-21-20-17(25-18)13-5-3-2-4-6-13/h2-10H,11H2,1H3,(H,19,21,22)/b8-7+. The Morgan fingerprint density at radius 1 is 1.23 bits per heavy atom. The van der Waals surface area contributed by atoms with Gasteiger partial charge in [0.05, 0.1) is 0 Å². The van der Waals surface area contributed by atoms with Crippen molar-refractivity contribution in [3.05, 3.63) is 58.3 Å². The first-order valence-electron chi connectivity index (χ1n) is 7.69. The van der Waals surface area contributed by atoms with Crippen molar-refractivity contribution in [2.75, 3.05) is 11.9 Å². The van der Waals surface area contributed by atoms with Gasteiger partial charge in [-0.2, -0.15) is 0 Å². The molecule has 0 aliphatic carbocycles. The Hall–Kier alpha value is -3.26. The Labute approximate surface area is 153 Å². The van der Waals surface area contributed by atoms with E-state index in [4.69, 9.17) is 9.15 Å². The summed E-state index contributed by atoms with van der Waals surface area (Å²) < 4.78 is 10.2. The molecule has 0 saturated heterocycles. The number of aromatic nitrogens is 2. The molecule has 0 aliphatic rings. The molecule has 0 saturated carbocycles. The first-order chi connectivity index (χ1) is 12.6. The van der Waals surface area contributed by atoms with Crippen LogP contribution in [0.2, 0.25) is 0 Å². The van der Waals surface area contributed by atoms with Gasteiger partial charge in [-0.1, -0.05) is 23.3 Å². The molecule has 3 aromatic rings. The van der Waals surface area contributed by atoms with Crippen molar-refractivity contribution >= 4 is 35.3 Å². The van der Waals surface area contributed by atoms with E-state index >= 15 is 0 Å². The average Bonchev–Trinajstić information content (AvgIpc) is 3.28. The van der Waals surface area contributed by atoms with Crippen LogP contribution in [0.15, 0.2) is 52.3 Å². The lowest BCUT2D eigenvalue weighted by atomic mass is 10.2. The number of ether oxygens (including phenoxy) is 1. The molecule has 0 unspecified atom stereocenters. The molecule has 26 heavy (non-hydrogen) atoms. The highest BCUT2D eigenvalue weighted by atomic mass is 32.1. The third kappa shape index (κ3) is 4.64. The number of aryl methyl sites for hydroxylation is 1. The first-order valence-corrected chi connectivity index (χ1v) is 8.57. The van der Waals surface area contributed by atoms with Gasteiger partial charge in [-0.25, -0.2) is 4.79 Å². The van der Waals surface area contributed by atoms with E-state index in [2.05, 4.69) is 15.5 Å². The molecule has 1 aromatic carbocycles. The average molecular weight is 369 g/mol. The number of nitrogens with zero attached hydrogens (tertiary/aromatic N) is 2. The molecule has 2 heterocycles. The second-order valence-electron chi connectivity index (χ2n) is 5.24. The number of anilines is 1. The number of benzene rings is 1. The molecule has 8 heteroatoms. The number of hydrogen-bond donors (Lipinski definition) is 1. The van der Waals surface area contributed by atoms with Crippen LogP contribution in [0.4, 0.5) is 6.01 Å². The summed E-state index contributed by atoms with van der Waals surface area (Å²) in [6.07, 6.45) is 2.94. The lowest BCUT2D eigenvalue weighted by molar-refractivity contribution is -0.142. The first kappa shape index (κ1) is 17.6. The molecule has 1 N–H and O–H groups in total. The number of amides is 1. The smallest absolute Gasteiger partial charge is 0.331 e. The van der Waals surface area contributed by atoms with Gasteiger partial charge in [0.25, 0.3) is 5.91 Å². The molecule has 7 nitrogen and oxygen atoms in total. The zero-order valence-electron chi connectivity index (χ0n) is 13.8. The van der Waals surface area contributed by atoms with Gasteiger partial charge >= 0.3 is 12.0 Å². The summed E-state index contributed by atoms with van der Waals surface area (Å²) in [5.41, 5.74) is 1.81. The Morgan fingerprint density at radius 2 is 2.04 bits per heavy atom. The van der Waals surface area contributed by atoms with Crippen molar-refractivity contribution < 1.29 is 18.7 Å². The SMILES string of the molecule is Cc1ccsc1/C=C/C(=O)OCC(=O)Nc1nnc(-c2ccccc2)o1. The molecule has 1 amide bonds. The van der Waals surface area contributed by atoms with Crippen LogP contribution in [-0.4, -0.2) is 28.7 Å². The molecule has 3 rings (SSSR count). The zero-order chi connectivity index (χ0) is 18.4. The maximum absolute atomic E-state index is 11.8. The predicted molar refractivity (Wildman–Crippen MR) is 97.4 cm³/mol. The lowest BCUT2D eigenvalue weighted by Crippen LogP contribution is -2.20. The number of rotatable bonds is 6. The van der Waals surface area contributed by atoms with Gasteiger partial charge in [0.2, 0.25) is 5.89 Å². The van der Waals surface area contributed by atoms with Crippen LogP contribution in [0.25, 0.3) is 17.5 Å². The van der Waals surface area contributed by atoms with Gasteiger partial charge in [-0.15, -0.1) is 16.4 Å².